The van der Waals surface area contributed by atoms with Gasteiger partial charge in [0.05, 0.1) is 24.3 Å². The van der Waals surface area contributed by atoms with Gasteiger partial charge in [0.15, 0.2) is 0 Å². The average Bonchev–Trinajstić information content (AvgIpc) is 2.99. The van der Waals surface area contributed by atoms with E-state index in [1.807, 2.05) is 33.8 Å². The molecule has 43 heavy (non-hydrogen) atoms. The van der Waals surface area contributed by atoms with Crippen molar-refractivity contribution in [1.29, 1.82) is 0 Å². The fourth-order valence-corrected chi connectivity index (χ4v) is 5.99. The number of hydrogen-bond donors (Lipinski definition) is 1. The Morgan fingerprint density at radius 2 is 1.63 bits per heavy atom. The van der Waals surface area contributed by atoms with E-state index >= 15 is 0 Å². The molecule has 0 heterocycles. The van der Waals surface area contributed by atoms with Crippen LogP contribution in [-0.2, 0) is 26.2 Å². The molecule has 11 heteroatoms. The van der Waals surface area contributed by atoms with Crippen LogP contribution >= 0.6 is 11.6 Å². The topological polar surface area (TPSA) is 105 Å². The van der Waals surface area contributed by atoms with Crippen LogP contribution in [0.4, 0.5) is 5.69 Å². The summed E-state index contributed by atoms with van der Waals surface area (Å²) in [5.41, 5.74) is 1.00. The molecular weight excluding hydrogens is 590 g/mol. The molecule has 0 aliphatic carbocycles. The minimum Gasteiger partial charge on any atom is -0.497 e. The van der Waals surface area contributed by atoms with E-state index in [1.54, 1.807) is 49.6 Å². The summed E-state index contributed by atoms with van der Waals surface area (Å²) in [6.07, 6.45) is 0.326. The zero-order valence-electron chi connectivity index (χ0n) is 25.2. The van der Waals surface area contributed by atoms with Crippen molar-refractivity contribution < 1.29 is 27.5 Å². The summed E-state index contributed by atoms with van der Waals surface area (Å²) in [6, 6.07) is 18.6. The Balaban J connectivity index is 2.06. The smallest absolute Gasteiger partial charge is 0.264 e. The predicted molar refractivity (Wildman–Crippen MR) is 169 cm³/mol. The summed E-state index contributed by atoms with van der Waals surface area (Å²) in [5.74, 6) is 0.530. The third-order valence-corrected chi connectivity index (χ3v) is 8.71. The lowest BCUT2D eigenvalue weighted by Gasteiger charge is -2.33. The number of ether oxygens (including phenoxy) is 2. The number of amides is 2. The van der Waals surface area contributed by atoms with Crippen LogP contribution < -0.4 is 19.1 Å². The highest BCUT2D eigenvalue weighted by Gasteiger charge is 2.33. The maximum Gasteiger partial charge on any atom is 0.264 e. The van der Waals surface area contributed by atoms with Crippen LogP contribution in [0.5, 0.6) is 11.5 Å². The van der Waals surface area contributed by atoms with Crippen LogP contribution in [-0.4, -0.2) is 58.0 Å². The van der Waals surface area contributed by atoms with Crippen molar-refractivity contribution in [2.75, 3.05) is 31.1 Å². The van der Waals surface area contributed by atoms with E-state index in [4.69, 9.17) is 21.1 Å². The average molecular weight is 630 g/mol. The first kappa shape index (κ1) is 33.7. The number of methoxy groups -OCH3 is 1. The number of nitrogens with zero attached hydrogens (tertiary/aromatic N) is 2. The lowest BCUT2D eigenvalue weighted by Crippen LogP contribution is -2.52. The van der Waals surface area contributed by atoms with Crippen molar-refractivity contribution in [3.8, 4) is 11.5 Å². The zero-order chi connectivity index (χ0) is 31.6. The molecule has 0 spiro atoms. The van der Waals surface area contributed by atoms with Gasteiger partial charge < -0.3 is 19.7 Å². The van der Waals surface area contributed by atoms with E-state index in [-0.39, 0.29) is 29.0 Å². The summed E-state index contributed by atoms with van der Waals surface area (Å²) in [6.45, 7) is 8.05. The minimum atomic E-state index is -4.22. The van der Waals surface area contributed by atoms with Crippen molar-refractivity contribution in [3.63, 3.8) is 0 Å². The molecule has 3 aromatic carbocycles. The molecule has 0 aromatic heterocycles. The van der Waals surface area contributed by atoms with Gasteiger partial charge in [-0.2, -0.15) is 0 Å². The Morgan fingerprint density at radius 3 is 2.21 bits per heavy atom. The van der Waals surface area contributed by atoms with Gasteiger partial charge in [-0.15, -0.1) is 0 Å². The number of carbonyl (C=O) groups is 2. The lowest BCUT2D eigenvalue weighted by molar-refractivity contribution is -0.140. The van der Waals surface area contributed by atoms with E-state index in [0.29, 0.717) is 36.1 Å². The second kappa shape index (κ2) is 15.6. The summed E-state index contributed by atoms with van der Waals surface area (Å²) in [7, 11) is -2.67. The molecule has 0 radical (unpaired) electrons. The van der Waals surface area contributed by atoms with Gasteiger partial charge in [-0.3, -0.25) is 13.9 Å². The Morgan fingerprint density at radius 1 is 0.953 bits per heavy atom. The molecule has 0 fully saturated rings. The molecule has 1 unspecified atom stereocenters. The first-order valence-corrected chi connectivity index (χ1v) is 16.0. The summed E-state index contributed by atoms with van der Waals surface area (Å²) in [4.78, 5) is 29.0. The molecule has 0 aliphatic heterocycles. The van der Waals surface area contributed by atoms with Crippen LogP contribution in [0.2, 0.25) is 5.02 Å². The van der Waals surface area contributed by atoms with E-state index in [1.165, 1.54) is 29.2 Å². The minimum absolute atomic E-state index is 0.0281. The van der Waals surface area contributed by atoms with Gasteiger partial charge in [-0.25, -0.2) is 8.42 Å². The number of hydrogen-bond acceptors (Lipinski definition) is 6. The number of rotatable bonds is 15. The SMILES string of the molecule is CCOc1ccc(N(CC(=O)N(Cc2cccc(OC)c2)C(CC)C(=O)NCC(C)C)S(=O)(=O)c2ccc(Cl)cc2)cc1. The Hall–Kier alpha value is -3.76. The Labute approximate surface area is 259 Å². The van der Waals surface area contributed by atoms with Crippen LogP contribution in [0.3, 0.4) is 0 Å². The second-order valence-corrected chi connectivity index (χ2v) is 12.6. The third kappa shape index (κ3) is 9.11. The fraction of sp³-hybridized carbons (Fsp3) is 0.375. The van der Waals surface area contributed by atoms with Crippen LogP contribution in [0, 0.1) is 5.92 Å². The van der Waals surface area contributed by atoms with Gasteiger partial charge in [0.25, 0.3) is 10.0 Å². The van der Waals surface area contributed by atoms with Crippen molar-refractivity contribution >= 4 is 39.1 Å². The number of halogens is 1. The summed E-state index contributed by atoms with van der Waals surface area (Å²) in [5, 5.41) is 3.31. The highest BCUT2D eigenvalue weighted by Crippen LogP contribution is 2.28. The highest BCUT2D eigenvalue weighted by molar-refractivity contribution is 7.92. The Bertz CT molecular complexity index is 1460. The van der Waals surface area contributed by atoms with Gasteiger partial charge in [0.2, 0.25) is 11.8 Å². The van der Waals surface area contributed by atoms with E-state index in [0.717, 1.165) is 9.87 Å². The fourth-order valence-electron chi connectivity index (χ4n) is 4.45. The number of anilines is 1. The number of nitrogens with one attached hydrogen (secondary N) is 1. The summed E-state index contributed by atoms with van der Waals surface area (Å²) >= 11 is 6.03. The van der Waals surface area contributed by atoms with Crippen LogP contribution in [0.15, 0.2) is 77.7 Å². The molecule has 9 nitrogen and oxygen atoms in total. The first-order chi connectivity index (χ1) is 20.5. The predicted octanol–water partition coefficient (Wildman–Crippen LogP) is 5.52. The van der Waals surface area contributed by atoms with Gasteiger partial charge >= 0.3 is 0 Å². The lowest BCUT2D eigenvalue weighted by atomic mass is 10.1. The second-order valence-electron chi connectivity index (χ2n) is 10.3. The Kier molecular flexibility index (Phi) is 12.3. The standard InChI is InChI=1S/C32H40ClN3O6S/c1-6-30(32(38)34-20-23(3)4)35(21-24-9-8-10-28(19-24)41-5)31(37)22-36(26-13-15-27(16-14-26)42-7-2)43(39,40)29-17-11-25(33)12-18-29/h8-19,23,30H,6-7,20-22H2,1-5H3,(H,34,38). The van der Waals surface area contributed by atoms with E-state index < -0.39 is 28.5 Å². The maximum atomic E-state index is 14.2. The van der Waals surface area contributed by atoms with Crippen molar-refractivity contribution in [3.05, 3.63) is 83.4 Å². The quantitative estimate of drug-likeness (QED) is 0.237. The van der Waals surface area contributed by atoms with Gasteiger partial charge in [-0.05, 0) is 85.5 Å². The monoisotopic (exact) mass is 629 g/mol. The van der Waals surface area contributed by atoms with Gasteiger partial charge in [-0.1, -0.05) is 44.5 Å². The largest absolute Gasteiger partial charge is 0.497 e. The normalized spacial score (nSPS) is 12.0. The van der Waals surface area contributed by atoms with Crippen LogP contribution in [0.1, 0.15) is 39.7 Å². The zero-order valence-corrected chi connectivity index (χ0v) is 26.8. The number of sulfonamides is 1. The third-order valence-electron chi connectivity index (χ3n) is 6.67. The maximum absolute atomic E-state index is 14.2. The highest BCUT2D eigenvalue weighted by atomic mass is 35.5. The molecule has 232 valence electrons. The summed E-state index contributed by atoms with van der Waals surface area (Å²) < 4.78 is 39.9. The molecule has 0 bridgehead atoms. The van der Waals surface area contributed by atoms with E-state index in [9.17, 15) is 18.0 Å². The molecular formula is C32H40ClN3O6S. The van der Waals surface area contributed by atoms with Crippen LogP contribution in [0.25, 0.3) is 0 Å². The number of benzene rings is 3. The van der Waals surface area contributed by atoms with Gasteiger partial charge in [0, 0.05) is 18.1 Å². The molecule has 2 amide bonds. The number of carbonyl (C=O) groups excluding carboxylic acids is 2. The molecule has 0 saturated carbocycles. The first-order valence-electron chi connectivity index (χ1n) is 14.2. The van der Waals surface area contributed by atoms with Crippen molar-refractivity contribution in [1.82, 2.24) is 10.2 Å². The molecule has 0 saturated heterocycles. The van der Waals surface area contributed by atoms with Crippen molar-refractivity contribution in [2.24, 2.45) is 5.92 Å². The molecule has 1 N–H and O–H groups in total. The molecule has 3 aromatic rings. The van der Waals surface area contributed by atoms with Crippen molar-refractivity contribution in [2.45, 2.75) is 51.6 Å². The molecule has 0 aliphatic rings. The van der Waals surface area contributed by atoms with E-state index in [2.05, 4.69) is 5.32 Å². The molecule has 1 atom stereocenters. The van der Waals surface area contributed by atoms with Gasteiger partial charge in [0.1, 0.15) is 24.1 Å². The molecule has 3 rings (SSSR count).